The first kappa shape index (κ1) is 92.1. The van der Waals surface area contributed by atoms with Crippen LogP contribution in [0.2, 0.25) is 10.0 Å². The fraction of sp³-hybridized carbons (Fsp3) is 0.297. The Morgan fingerprint density at radius 2 is 0.770 bits per heavy atom. The second-order valence-electron chi connectivity index (χ2n) is 30.6. The third kappa shape index (κ3) is 31.6. The van der Waals surface area contributed by atoms with Gasteiger partial charge >= 0.3 is 0 Å². The summed E-state index contributed by atoms with van der Waals surface area (Å²) in [7, 11) is 0. The van der Waals surface area contributed by atoms with Gasteiger partial charge in [-0.25, -0.2) is 19.8 Å². The smallest absolute Gasteiger partial charge is 0.187 e. The molecule has 0 aliphatic carbocycles. The van der Waals surface area contributed by atoms with Crippen LogP contribution in [0.15, 0.2) is 272 Å². The van der Waals surface area contributed by atoms with Crippen molar-refractivity contribution in [2.75, 3.05) is 0 Å². The highest BCUT2D eigenvalue weighted by Crippen LogP contribution is 2.31. The Morgan fingerprint density at radius 1 is 0.327 bits per heavy atom. The molecule has 6 heterocycles. The first-order valence-corrected chi connectivity index (χ1v) is 42.7. The quantitative estimate of drug-likeness (QED) is 0.127. The van der Waals surface area contributed by atoms with Crippen molar-refractivity contribution in [1.29, 1.82) is 5.26 Å². The number of nitriles is 1. The number of rotatable bonds is 10. The summed E-state index contributed by atoms with van der Waals surface area (Å²) in [5, 5.41) is 16.2. The van der Waals surface area contributed by atoms with Gasteiger partial charge in [0.1, 0.15) is 4.83 Å². The highest BCUT2D eigenvalue weighted by atomic mass is 35.5. The maximum Gasteiger partial charge on any atom is 0.187 e. The Balaban J connectivity index is 0.000000196. The largest absolute Gasteiger partial charge is 0.256 e. The van der Waals surface area contributed by atoms with Gasteiger partial charge in [0.2, 0.25) is 0 Å². The van der Waals surface area contributed by atoms with Crippen LogP contribution in [0.3, 0.4) is 0 Å². The highest BCUT2D eigenvalue weighted by molar-refractivity contribution is 7.17. The second-order valence-corrected chi connectivity index (χ2v) is 34.1. The van der Waals surface area contributed by atoms with E-state index in [-0.39, 0.29) is 0 Å². The summed E-state index contributed by atoms with van der Waals surface area (Å²) in [6.07, 6.45) is 5.65. The van der Waals surface area contributed by atoms with E-state index in [0.29, 0.717) is 59.2 Å². The summed E-state index contributed by atoms with van der Waals surface area (Å²) in [4.78, 5) is 26.0. The SMILES string of the molecule is CC(C)c1ccc(Cl)cc1.CC(C)c1ccc2ncccc2c1.CC(C)c1ccc2ncsc2c1.CC(C)c1ccc2scnc2c1.CC(C)c1cccc(C#N)c1.CC(C)c1cccc(Cl)c1.CC(C)c1ccccc1.CC(C)c1cnc2ccccc2c1.CC(C)c1csc2ncccc12.[C-]#[N+]c1ccc(C(C)C)cc1. The number of nitrogens with zero attached hydrogens (tertiary/aromatic N) is 7. The summed E-state index contributed by atoms with van der Waals surface area (Å²) in [5.41, 5.74) is 23.1. The van der Waals surface area contributed by atoms with E-state index in [2.05, 4.69) is 301 Å². The van der Waals surface area contributed by atoms with Gasteiger partial charge < -0.3 is 0 Å². The zero-order valence-corrected chi connectivity index (χ0v) is 73.8. The molecule has 12 heteroatoms. The Kier molecular flexibility index (Phi) is 39.4. The van der Waals surface area contributed by atoms with Gasteiger partial charge in [-0.1, -0.05) is 301 Å². The van der Waals surface area contributed by atoms with Crippen LogP contribution >= 0.6 is 57.2 Å². The molecule has 0 saturated carbocycles. The van der Waals surface area contributed by atoms with Crippen LogP contribution in [-0.4, -0.2) is 24.9 Å². The number of hydrogen-bond acceptors (Lipinski definition) is 9. The number of thiophene rings is 1. The molecule has 0 aliphatic rings. The number of benzene rings is 9. The molecule has 113 heavy (non-hydrogen) atoms. The average Bonchev–Trinajstić information content (AvgIpc) is 1.79. The first-order valence-electron chi connectivity index (χ1n) is 39.3. The molecule has 0 bridgehead atoms. The predicted octanol–water partition coefficient (Wildman–Crippen LogP) is 32.8. The molecule has 0 unspecified atom stereocenters. The second kappa shape index (κ2) is 48.3. The standard InChI is InChI=1S/2C12H13N.3C10H11NS.2C10H11N.2C9H11Cl.C9H12/c1-9(2)10-5-6-12-11(8-10)4-3-7-13-12;1-9(2)11-7-10-5-3-4-6-12(10)13-8-11;1-7(2)8-3-4-10-9(5-8)11-6-12-10;1-7(2)8-3-4-9-10(5-8)12-6-11-9;1-7(2)9-6-12-10-8(9)4-3-5-11-10;1-8(2)9-4-6-10(11-3)7-5-9;1-8(2)10-5-3-4-9(6-10)7-11;1-7(2)8-3-5-9(10)6-4-8;1-7(2)8-4-3-5-9(10)6-8;1-8(2)9-6-4-3-5-7-9/h2*3-9H,1-2H3;3*3-7H,1-2H3;4-8H,1-2H3;3-6,8H,1-2H3;2*3-7H,1-2H3;3-8H,1-2H3. The van der Waals surface area contributed by atoms with Gasteiger partial charge in [0.05, 0.1) is 60.7 Å². The lowest BCUT2D eigenvalue weighted by molar-refractivity contribution is 0.862. The Labute approximate surface area is 698 Å². The van der Waals surface area contributed by atoms with Crippen LogP contribution in [0.25, 0.3) is 57.3 Å². The van der Waals surface area contributed by atoms with Gasteiger partial charge in [-0.15, -0.1) is 34.0 Å². The zero-order valence-electron chi connectivity index (χ0n) is 69.9. The van der Waals surface area contributed by atoms with E-state index < -0.39 is 0 Å². The molecule has 586 valence electrons. The van der Waals surface area contributed by atoms with Crippen LogP contribution < -0.4 is 0 Å². The van der Waals surface area contributed by atoms with Crippen molar-refractivity contribution in [1.82, 2.24) is 24.9 Å². The van der Waals surface area contributed by atoms with Gasteiger partial charge in [-0.2, -0.15) is 5.26 Å². The number of hydrogen-bond donors (Lipinski definition) is 0. The minimum absolute atomic E-state index is 0.503. The molecule has 0 fully saturated rings. The predicted molar refractivity (Wildman–Crippen MR) is 496 cm³/mol. The molecular weight excluding hydrogens is 1480 g/mol. The fourth-order valence-corrected chi connectivity index (χ4v) is 13.9. The minimum atomic E-state index is 0.503. The topological polar surface area (TPSA) is 92.6 Å². The fourth-order valence-electron chi connectivity index (χ4n) is 11.1. The maximum absolute atomic E-state index is 8.59. The molecule has 0 N–H and O–H groups in total. The van der Waals surface area contributed by atoms with E-state index in [1.807, 2.05) is 145 Å². The van der Waals surface area contributed by atoms with Crippen molar-refractivity contribution in [3.8, 4) is 6.07 Å². The monoisotopic (exact) mass is 1590 g/mol. The number of fused-ring (bicyclic) bond motifs is 5. The summed E-state index contributed by atoms with van der Waals surface area (Å²) in [6.45, 7) is 50.4. The van der Waals surface area contributed by atoms with Crippen molar-refractivity contribution in [2.24, 2.45) is 0 Å². The van der Waals surface area contributed by atoms with Gasteiger partial charge in [0, 0.05) is 44.8 Å². The lowest BCUT2D eigenvalue weighted by Gasteiger charge is -2.05. The van der Waals surface area contributed by atoms with E-state index in [4.69, 9.17) is 35.0 Å². The van der Waals surface area contributed by atoms with Gasteiger partial charge in [-0.3, -0.25) is 9.97 Å². The van der Waals surface area contributed by atoms with Crippen molar-refractivity contribution in [3.05, 3.63) is 354 Å². The molecule has 7 nitrogen and oxygen atoms in total. The van der Waals surface area contributed by atoms with Gasteiger partial charge in [-0.05, 0) is 217 Å². The summed E-state index contributed by atoms with van der Waals surface area (Å²) in [5.74, 6) is 5.82. The molecule has 0 atom stereocenters. The lowest BCUT2D eigenvalue weighted by atomic mass is 10.0. The average molecular weight is 1590 g/mol. The number of thiazole rings is 2. The van der Waals surface area contributed by atoms with Crippen LogP contribution in [0.5, 0.6) is 0 Å². The van der Waals surface area contributed by atoms with E-state index in [1.54, 1.807) is 34.0 Å². The van der Waals surface area contributed by atoms with E-state index >= 15 is 0 Å². The van der Waals surface area contributed by atoms with Crippen molar-refractivity contribution in [3.63, 3.8) is 0 Å². The Bertz CT molecular complexity index is 5170. The van der Waals surface area contributed by atoms with Crippen LogP contribution in [0, 0.1) is 17.9 Å². The third-order valence-corrected chi connectivity index (χ3v) is 21.5. The molecule has 9 aromatic carbocycles. The summed E-state index contributed by atoms with van der Waals surface area (Å²) < 4.78 is 2.57. The molecular formula is C101H115Cl2N7S3. The third-order valence-electron chi connectivity index (χ3n) is 18.5. The number of pyridine rings is 3. The Morgan fingerprint density at radius 3 is 1.33 bits per heavy atom. The minimum Gasteiger partial charge on any atom is -0.256 e. The first-order chi connectivity index (χ1) is 54.0. The van der Waals surface area contributed by atoms with Gasteiger partial charge in [0.25, 0.3) is 0 Å². The molecule has 0 saturated heterocycles. The maximum atomic E-state index is 8.59. The zero-order chi connectivity index (χ0) is 82.5. The lowest BCUT2D eigenvalue weighted by Crippen LogP contribution is -1.88. The molecule has 0 radical (unpaired) electrons. The molecule has 0 aliphatic heterocycles. The van der Waals surface area contributed by atoms with Gasteiger partial charge in [0.15, 0.2) is 5.69 Å². The Hall–Kier alpha value is -9.75. The van der Waals surface area contributed by atoms with Crippen LogP contribution in [0.4, 0.5) is 5.69 Å². The molecule has 0 amide bonds. The van der Waals surface area contributed by atoms with E-state index in [0.717, 1.165) is 48.2 Å². The number of aromatic nitrogens is 5. The van der Waals surface area contributed by atoms with Crippen LogP contribution in [0.1, 0.15) is 259 Å². The highest BCUT2D eigenvalue weighted by Gasteiger charge is 2.09. The molecule has 15 aromatic rings. The van der Waals surface area contributed by atoms with Crippen molar-refractivity contribution in [2.45, 2.75) is 198 Å². The summed E-state index contributed by atoms with van der Waals surface area (Å²) >= 11 is 16.6. The van der Waals surface area contributed by atoms with Crippen LogP contribution in [-0.2, 0) is 0 Å². The molecule has 6 aromatic heterocycles. The number of para-hydroxylation sites is 1. The number of halogens is 2. The molecule has 0 spiro atoms. The van der Waals surface area contributed by atoms with E-state index in [1.165, 1.54) is 81.2 Å². The van der Waals surface area contributed by atoms with E-state index in [9.17, 15) is 0 Å². The molecule has 15 rings (SSSR count). The van der Waals surface area contributed by atoms with Crippen molar-refractivity contribution >= 4 is 115 Å². The summed E-state index contributed by atoms with van der Waals surface area (Å²) in [6, 6.07) is 82.2. The normalized spacial score (nSPS) is 10.6. The van der Waals surface area contributed by atoms with Crippen molar-refractivity contribution < 1.29 is 0 Å².